The number of amides is 2. The summed E-state index contributed by atoms with van der Waals surface area (Å²) in [5, 5.41) is 3.28. The van der Waals surface area contributed by atoms with Crippen molar-refractivity contribution >= 4 is 29.1 Å². The standard InChI is InChI=1S/C23H24ClN5O3/c1-31-20-14-21(32-2)19(12-17(20)24)27-23(30)29-10-8-28(9-11-29)22-13-18(25-15-26-22)16-6-4-3-5-7-16/h3-7,12-15H,8-11H2,1-2H3,(H,27,30). The summed E-state index contributed by atoms with van der Waals surface area (Å²) in [7, 11) is 3.06. The number of methoxy groups -OCH3 is 2. The van der Waals surface area contributed by atoms with Crippen molar-refractivity contribution < 1.29 is 14.3 Å². The third kappa shape index (κ3) is 4.70. The number of anilines is 2. The summed E-state index contributed by atoms with van der Waals surface area (Å²) in [5.41, 5.74) is 2.41. The molecule has 0 bridgehead atoms. The highest BCUT2D eigenvalue weighted by atomic mass is 35.5. The smallest absolute Gasteiger partial charge is 0.322 e. The summed E-state index contributed by atoms with van der Waals surface area (Å²) in [5.74, 6) is 1.81. The molecule has 1 saturated heterocycles. The van der Waals surface area contributed by atoms with Gasteiger partial charge in [0.1, 0.15) is 23.6 Å². The van der Waals surface area contributed by atoms with E-state index in [4.69, 9.17) is 21.1 Å². The van der Waals surface area contributed by atoms with Crippen molar-refractivity contribution in [2.24, 2.45) is 0 Å². The normalized spacial score (nSPS) is 13.6. The van der Waals surface area contributed by atoms with Crippen LogP contribution in [0.1, 0.15) is 0 Å². The van der Waals surface area contributed by atoms with Gasteiger partial charge >= 0.3 is 6.03 Å². The number of rotatable bonds is 5. The quantitative estimate of drug-likeness (QED) is 0.624. The molecule has 2 amide bonds. The fraction of sp³-hybridized carbons (Fsp3) is 0.261. The molecule has 4 rings (SSSR count). The van der Waals surface area contributed by atoms with E-state index in [0.29, 0.717) is 48.4 Å². The van der Waals surface area contributed by atoms with E-state index in [9.17, 15) is 4.79 Å². The number of piperazine rings is 1. The summed E-state index contributed by atoms with van der Waals surface area (Å²) in [6.45, 7) is 2.45. The third-order valence-electron chi connectivity index (χ3n) is 5.33. The number of hydrogen-bond donors (Lipinski definition) is 1. The zero-order chi connectivity index (χ0) is 22.5. The Hall–Kier alpha value is -3.52. The van der Waals surface area contributed by atoms with E-state index in [-0.39, 0.29) is 6.03 Å². The van der Waals surface area contributed by atoms with Gasteiger partial charge in [-0.2, -0.15) is 0 Å². The SMILES string of the molecule is COc1cc(OC)c(NC(=O)N2CCN(c3cc(-c4ccccc4)ncn3)CC2)cc1Cl. The van der Waals surface area contributed by atoms with E-state index in [1.165, 1.54) is 14.2 Å². The molecule has 3 aromatic rings. The largest absolute Gasteiger partial charge is 0.495 e. The van der Waals surface area contributed by atoms with Gasteiger partial charge in [-0.25, -0.2) is 14.8 Å². The molecule has 1 aromatic heterocycles. The van der Waals surface area contributed by atoms with Crippen LogP contribution in [0.2, 0.25) is 5.02 Å². The van der Waals surface area contributed by atoms with Crippen molar-refractivity contribution in [1.82, 2.24) is 14.9 Å². The van der Waals surface area contributed by atoms with Gasteiger partial charge in [-0.3, -0.25) is 0 Å². The number of carbonyl (C=O) groups excluding carboxylic acids is 1. The molecule has 0 saturated carbocycles. The zero-order valence-electron chi connectivity index (χ0n) is 17.9. The topological polar surface area (TPSA) is 79.8 Å². The van der Waals surface area contributed by atoms with Crippen molar-refractivity contribution in [3.63, 3.8) is 0 Å². The lowest BCUT2D eigenvalue weighted by atomic mass is 10.1. The van der Waals surface area contributed by atoms with Gasteiger partial charge in [0.25, 0.3) is 0 Å². The molecule has 8 nitrogen and oxygen atoms in total. The second-order valence-corrected chi connectivity index (χ2v) is 7.63. The van der Waals surface area contributed by atoms with Gasteiger partial charge < -0.3 is 24.6 Å². The average molecular weight is 454 g/mol. The first-order valence-corrected chi connectivity index (χ1v) is 10.6. The molecule has 9 heteroatoms. The van der Waals surface area contributed by atoms with Crippen LogP contribution in [0.4, 0.5) is 16.3 Å². The van der Waals surface area contributed by atoms with Gasteiger partial charge in [-0.1, -0.05) is 41.9 Å². The molecule has 1 aliphatic rings. The highest BCUT2D eigenvalue weighted by Crippen LogP contribution is 2.36. The maximum atomic E-state index is 12.8. The molecular formula is C23H24ClN5O3. The third-order valence-corrected chi connectivity index (χ3v) is 5.62. The monoisotopic (exact) mass is 453 g/mol. The van der Waals surface area contributed by atoms with Gasteiger partial charge in [0, 0.05) is 43.9 Å². The average Bonchev–Trinajstić information content (AvgIpc) is 2.85. The summed E-state index contributed by atoms with van der Waals surface area (Å²) in [6, 6.07) is 15.0. The Morgan fingerprint density at radius 3 is 2.38 bits per heavy atom. The van der Waals surface area contributed by atoms with Crippen molar-refractivity contribution in [1.29, 1.82) is 0 Å². The van der Waals surface area contributed by atoms with Crippen molar-refractivity contribution in [3.8, 4) is 22.8 Å². The van der Waals surface area contributed by atoms with Gasteiger partial charge in [0.05, 0.1) is 30.6 Å². The molecule has 166 valence electrons. The van der Waals surface area contributed by atoms with Gasteiger partial charge in [0.15, 0.2) is 0 Å². The second kappa shape index (κ2) is 9.74. The lowest BCUT2D eigenvalue weighted by molar-refractivity contribution is 0.208. The Morgan fingerprint density at radius 1 is 0.969 bits per heavy atom. The van der Waals surface area contributed by atoms with Gasteiger partial charge in [0.2, 0.25) is 0 Å². The van der Waals surface area contributed by atoms with E-state index >= 15 is 0 Å². The fourth-order valence-electron chi connectivity index (χ4n) is 3.58. The zero-order valence-corrected chi connectivity index (χ0v) is 18.7. The number of hydrogen-bond acceptors (Lipinski definition) is 6. The molecule has 2 aromatic carbocycles. The lowest BCUT2D eigenvalue weighted by Gasteiger charge is -2.35. The number of urea groups is 1. The molecular weight excluding hydrogens is 430 g/mol. The summed E-state index contributed by atoms with van der Waals surface area (Å²) in [6.07, 6.45) is 1.58. The fourth-order valence-corrected chi connectivity index (χ4v) is 3.82. The number of carbonyl (C=O) groups is 1. The van der Waals surface area contributed by atoms with Crippen molar-refractivity contribution in [2.75, 3.05) is 50.6 Å². The van der Waals surface area contributed by atoms with E-state index < -0.39 is 0 Å². The maximum Gasteiger partial charge on any atom is 0.322 e. The van der Waals surface area contributed by atoms with Gasteiger partial charge in [-0.15, -0.1) is 0 Å². The number of aromatic nitrogens is 2. The number of nitrogens with zero attached hydrogens (tertiary/aromatic N) is 4. The molecule has 32 heavy (non-hydrogen) atoms. The first-order chi connectivity index (χ1) is 15.6. The van der Waals surface area contributed by atoms with Crippen LogP contribution in [0.15, 0.2) is 54.9 Å². The first-order valence-electron chi connectivity index (χ1n) is 10.2. The van der Waals surface area contributed by atoms with Gasteiger partial charge in [-0.05, 0) is 6.07 Å². The molecule has 0 atom stereocenters. The van der Waals surface area contributed by atoms with Crippen LogP contribution >= 0.6 is 11.6 Å². The molecule has 0 unspecified atom stereocenters. The Labute approximate surface area is 191 Å². The van der Waals surface area contributed by atoms with E-state index in [2.05, 4.69) is 20.2 Å². The Bertz CT molecular complexity index is 1090. The number of ether oxygens (including phenoxy) is 2. The number of benzene rings is 2. The van der Waals surface area contributed by atoms with Crippen molar-refractivity contribution in [2.45, 2.75) is 0 Å². The minimum Gasteiger partial charge on any atom is -0.495 e. The molecule has 0 spiro atoms. The Kier molecular flexibility index (Phi) is 6.61. The van der Waals surface area contributed by atoms with E-state index in [0.717, 1.165) is 17.1 Å². The molecule has 1 N–H and O–H groups in total. The highest BCUT2D eigenvalue weighted by molar-refractivity contribution is 6.32. The molecule has 1 fully saturated rings. The molecule has 1 aliphatic heterocycles. The molecule has 2 heterocycles. The minimum atomic E-state index is -0.211. The summed E-state index contributed by atoms with van der Waals surface area (Å²) < 4.78 is 10.6. The first kappa shape index (κ1) is 21.7. The van der Waals surface area contributed by atoms with E-state index in [1.807, 2.05) is 36.4 Å². The predicted octanol–water partition coefficient (Wildman–Crippen LogP) is 4.17. The van der Waals surface area contributed by atoms with Crippen LogP contribution in [0.5, 0.6) is 11.5 Å². The van der Waals surface area contributed by atoms with E-state index in [1.54, 1.807) is 23.4 Å². The Morgan fingerprint density at radius 2 is 1.69 bits per heavy atom. The molecule has 0 radical (unpaired) electrons. The summed E-state index contributed by atoms with van der Waals surface area (Å²) >= 11 is 6.21. The minimum absolute atomic E-state index is 0.211. The number of nitrogens with one attached hydrogen (secondary N) is 1. The number of halogens is 1. The maximum absolute atomic E-state index is 12.8. The van der Waals surface area contributed by atoms with Crippen LogP contribution in [0, 0.1) is 0 Å². The predicted molar refractivity (Wildman–Crippen MR) is 125 cm³/mol. The van der Waals surface area contributed by atoms with Crippen LogP contribution in [0.3, 0.4) is 0 Å². The second-order valence-electron chi connectivity index (χ2n) is 7.22. The molecule has 0 aliphatic carbocycles. The van der Waals surface area contributed by atoms with Crippen molar-refractivity contribution in [3.05, 3.63) is 59.9 Å². The highest BCUT2D eigenvalue weighted by Gasteiger charge is 2.23. The van der Waals surface area contributed by atoms with Crippen LogP contribution in [-0.4, -0.2) is 61.3 Å². The Balaban J connectivity index is 1.40. The summed E-state index contributed by atoms with van der Waals surface area (Å²) in [4.78, 5) is 25.6. The lowest BCUT2D eigenvalue weighted by Crippen LogP contribution is -2.50. The van der Waals surface area contributed by atoms with Crippen LogP contribution < -0.4 is 19.7 Å². The van der Waals surface area contributed by atoms with Crippen LogP contribution in [-0.2, 0) is 0 Å². The van der Waals surface area contributed by atoms with Crippen LogP contribution in [0.25, 0.3) is 11.3 Å².